The maximum absolute atomic E-state index is 12.5. The molecule has 1 atom stereocenters. The van der Waals surface area contributed by atoms with Crippen molar-refractivity contribution in [2.75, 3.05) is 25.5 Å². The molecule has 0 aliphatic carbocycles. The Balaban J connectivity index is 0.00000288. The summed E-state index contributed by atoms with van der Waals surface area (Å²) in [6.07, 6.45) is 1.60. The lowest BCUT2D eigenvalue weighted by molar-refractivity contribution is -0.120. The van der Waals surface area contributed by atoms with Crippen LogP contribution in [0.1, 0.15) is 23.2 Å². The fraction of sp³-hybridized carbons (Fsp3) is 0.467. The average Bonchev–Trinajstić information content (AvgIpc) is 2.56. The molecule has 1 aliphatic rings. The fourth-order valence-corrected chi connectivity index (χ4v) is 2.37. The van der Waals surface area contributed by atoms with E-state index in [0.717, 1.165) is 25.5 Å². The van der Waals surface area contributed by atoms with Gasteiger partial charge < -0.3 is 20.1 Å². The van der Waals surface area contributed by atoms with Crippen molar-refractivity contribution in [3.8, 4) is 5.75 Å². The number of carbonyl (C=O) groups excluding carboxylic acids is 2. The molecule has 24 heavy (non-hydrogen) atoms. The van der Waals surface area contributed by atoms with Crippen LogP contribution >= 0.6 is 12.4 Å². The van der Waals surface area contributed by atoms with Gasteiger partial charge in [0.2, 0.25) is 5.91 Å². The third-order valence-corrected chi connectivity index (χ3v) is 3.54. The highest BCUT2D eigenvalue weighted by molar-refractivity contribution is 5.96. The molecule has 6 nitrogen and oxygen atoms in total. The maximum Gasteiger partial charge on any atom is 0.387 e. The van der Waals surface area contributed by atoms with Crippen LogP contribution < -0.4 is 15.4 Å². The fourth-order valence-electron chi connectivity index (χ4n) is 2.37. The lowest BCUT2D eigenvalue weighted by atomic mass is 9.98. The van der Waals surface area contributed by atoms with Gasteiger partial charge in [0.1, 0.15) is 5.75 Å². The largest absolute Gasteiger partial charge is 0.465 e. The molecule has 0 aromatic heterocycles. The number of benzene rings is 1. The molecule has 1 aromatic carbocycles. The Kier molecular flexibility index (Phi) is 7.87. The van der Waals surface area contributed by atoms with Gasteiger partial charge in [0, 0.05) is 6.54 Å². The Bertz CT molecular complexity index is 581. The van der Waals surface area contributed by atoms with Crippen LogP contribution in [0.2, 0.25) is 0 Å². The number of piperidine rings is 1. The van der Waals surface area contributed by atoms with E-state index >= 15 is 0 Å². The number of ether oxygens (including phenoxy) is 2. The summed E-state index contributed by atoms with van der Waals surface area (Å²) in [6.45, 7) is -1.68. The normalized spacial score (nSPS) is 16.9. The molecule has 134 valence electrons. The Hall–Kier alpha value is -1.93. The van der Waals surface area contributed by atoms with E-state index < -0.39 is 12.6 Å². The summed E-state index contributed by atoms with van der Waals surface area (Å²) in [7, 11) is 1.18. The zero-order valence-corrected chi connectivity index (χ0v) is 13.8. The number of carbonyl (C=O) groups is 2. The monoisotopic (exact) mass is 364 g/mol. The third-order valence-electron chi connectivity index (χ3n) is 3.54. The van der Waals surface area contributed by atoms with Crippen molar-refractivity contribution in [1.82, 2.24) is 5.32 Å². The number of rotatable bonds is 5. The van der Waals surface area contributed by atoms with Crippen LogP contribution in [0.5, 0.6) is 5.75 Å². The molecule has 2 N–H and O–H groups in total. The van der Waals surface area contributed by atoms with Gasteiger partial charge in [0.25, 0.3) is 0 Å². The summed E-state index contributed by atoms with van der Waals surface area (Å²) in [5, 5.41) is 5.69. The van der Waals surface area contributed by atoms with Crippen LogP contribution in [0.3, 0.4) is 0 Å². The van der Waals surface area contributed by atoms with Gasteiger partial charge in [-0.1, -0.05) is 0 Å². The van der Waals surface area contributed by atoms with Crippen molar-refractivity contribution < 1.29 is 27.8 Å². The second-order valence-corrected chi connectivity index (χ2v) is 5.11. The van der Waals surface area contributed by atoms with Gasteiger partial charge in [-0.25, -0.2) is 4.79 Å². The topological polar surface area (TPSA) is 76.7 Å². The predicted octanol–water partition coefficient (Wildman–Crippen LogP) is 2.43. The third kappa shape index (κ3) is 5.31. The zero-order valence-electron chi connectivity index (χ0n) is 13.0. The molecular weight excluding hydrogens is 346 g/mol. The first kappa shape index (κ1) is 20.1. The number of halogens is 3. The van der Waals surface area contributed by atoms with Gasteiger partial charge in [-0.3, -0.25) is 4.79 Å². The molecule has 1 heterocycles. The van der Waals surface area contributed by atoms with E-state index in [1.165, 1.54) is 19.2 Å². The minimum atomic E-state index is -3.07. The predicted molar refractivity (Wildman–Crippen MR) is 85.9 cm³/mol. The highest BCUT2D eigenvalue weighted by Crippen LogP contribution is 2.29. The highest BCUT2D eigenvalue weighted by Gasteiger charge is 2.23. The van der Waals surface area contributed by atoms with Crippen molar-refractivity contribution >= 4 is 30.0 Å². The molecule has 1 fully saturated rings. The van der Waals surface area contributed by atoms with Crippen molar-refractivity contribution in [3.63, 3.8) is 0 Å². The number of nitrogens with one attached hydrogen (secondary N) is 2. The van der Waals surface area contributed by atoms with Crippen LogP contribution in [-0.4, -0.2) is 38.7 Å². The number of hydrogen-bond acceptors (Lipinski definition) is 5. The van der Waals surface area contributed by atoms with Crippen molar-refractivity contribution in [3.05, 3.63) is 23.8 Å². The van der Waals surface area contributed by atoms with E-state index in [1.54, 1.807) is 0 Å². The number of anilines is 1. The molecule has 9 heteroatoms. The second-order valence-electron chi connectivity index (χ2n) is 5.11. The molecule has 2 rings (SSSR count). The van der Waals surface area contributed by atoms with Crippen LogP contribution in [0.15, 0.2) is 18.2 Å². The molecule has 1 aliphatic heterocycles. The summed E-state index contributed by atoms with van der Waals surface area (Å²) in [5.74, 6) is -1.47. The Morgan fingerprint density at radius 3 is 2.71 bits per heavy atom. The highest BCUT2D eigenvalue weighted by atomic mass is 35.5. The summed E-state index contributed by atoms with van der Waals surface area (Å²) in [4.78, 5) is 23.7. The van der Waals surface area contributed by atoms with E-state index in [2.05, 4.69) is 20.1 Å². The van der Waals surface area contributed by atoms with E-state index in [9.17, 15) is 18.4 Å². The number of amides is 1. The number of esters is 1. The second kappa shape index (κ2) is 9.39. The molecule has 1 amide bonds. The van der Waals surface area contributed by atoms with E-state index in [0.29, 0.717) is 6.54 Å². The summed E-state index contributed by atoms with van der Waals surface area (Å²) in [6, 6.07) is 3.84. The minimum absolute atomic E-state index is 0. The first-order chi connectivity index (χ1) is 11.0. The van der Waals surface area contributed by atoms with E-state index in [-0.39, 0.29) is 41.2 Å². The SMILES string of the molecule is COC(=O)c1ccc(NC(=O)C2CCCNC2)c(OC(F)F)c1.Cl. The maximum atomic E-state index is 12.5. The number of hydrogen-bond donors (Lipinski definition) is 2. The zero-order chi connectivity index (χ0) is 16.8. The quantitative estimate of drug-likeness (QED) is 0.785. The Morgan fingerprint density at radius 2 is 2.12 bits per heavy atom. The van der Waals surface area contributed by atoms with Crippen LogP contribution in [0.4, 0.5) is 14.5 Å². The summed E-state index contributed by atoms with van der Waals surface area (Å²) in [5.41, 5.74) is 0.147. The first-order valence-electron chi connectivity index (χ1n) is 7.20. The van der Waals surface area contributed by atoms with Crippen molar-refractivity contribution in [2.45, 2.75) is 19.5 Å². The molecule has 0 bridgehead atoms. The molecule has 1 unspecified atom stereocenters. The van der Waals surface area contributed by atoms with Gasteiger partial charge in [0.15, 0.2) is 0 Å². The molecule has 1 aromatic rings. The smallest absolute Gasteiger partial charge is 0.387 e. The standard InChI is InChI=1S/C15H18F2N2O4.ClH/c1-22-14(21)9-4-5-11(12(7-9)23-15(16)17)19-13(20)10-3-2-6-18-8-10;/h4-5,7,10,15,18H,2-3,6,8H2,1H3,(H,19,20);1H. The molecule has 0 saturated carbocycles. The van der Waals surface area contributed by atoms with Gasteiger partial charge in [-0.2, -0.15) is 8.78 Å². The van der Waals surface area contributed by atoms with E-state index in [4.69, 9.17) is 0 Å². The lowest BCUT2D eigenvalue weighted by Crippen LogP contribution is -2.37. The molecule has 0 spiro atoms. The summed E-state index contributed by atoms with van der Waals surface area (Å²) < 4.78 is 34.0. The summed E-state index contributed by atoms with van der Waals surface area (Å²) >= 11 is 0. The Labute approximate surface area is 144 Å². The van der Waals surface area contributed by atoms with Crippen LogP contribution in [0, 0.1) is 5.92 Å². The molecule has 1 saturated heterocycles. The van der Waals surface area contributed by atoms with E-state index in [1.807, 2.05) is 0 Å². The van der Waals surface area contributed by atoms with Crippen molar-refractivity contribution in [2.24, 2.45) is 5.92 Å². The van der Waals surface area contributed by atoms with Gasteiger partial charge >= 0.3 is 12.6 Å². The van der Waals surface area contributed by atoms with Gasteiger partial charge in [-0.05, 0) is 37.6 Å². The first-order valence-corrected chi connectivity index (χ1v) is 7.20. The van der Waals surface area contributed by atoms with Gasteiger partial charge in [0.05, 0.1) is 24.3 Å². The number of alkyl halides is 2. The Morgan fingerprint density at radius 1 is 1.38 bits per heavy atom. The van der Waals surface area contributed by atoms with Crippen molar-refractivity contribution in [1.29, 1.82) is 0 Å². The molecular formula is C15H19ClF2N2O4. The average molecular weight is 365 g/mol. The lowest BCUT2D eigenvalue weighted by Gasteiger charge is -2.22. The van der Waals surface area contributed by atoms with Crippen LogP contribution in [-0.2, 0) is 9.53 Å². The van der Waals surface area contributed by atoms with Crippen LogP contribution in [0.25, 0.3) is 0 Å². The number of methoxy groups -OCH3 is 1. The minimum Gasteiger partial charge on any atom is -0.465 e. The molecule has 0 radical (unpaired) electrons. The van der Waals surface area contributed by atoms with Gasteiger partial charge in [-0.15, -0.1) is 12.4 Å².